The van der Waals surface area contributed by atoms with Crippen molar-refractivity contribution in [1.29, 1.82) is 0 Å². The second kappa shape index (κ2) is 4.72. The molecule has 1 N–H and O–H groups in total. The largest absolute Gasteiger partial charge is 0.326 e. The van der Waals surface area contributed by atoms with E-state index in [0.717, 1.165) is 16.8 Å². The molecule has 0 aromatic heterocycles. The Labute approximate surface area is 107 Å². The summed E-state index contributed by atoms with van der Waals surface area (Å²) < 4.78 is 22.7. The zero-order valence-corrected chi connectivity index (χ0v) is 11.4. The number of benzene rings is 1. The molecule has 1 fully saturated rings. The van der Waals surface area contributed by atoms with Crippen molar-refractivity contribution in [3.05, 3.63) is 29.3 Å². The van der Waals surface area contributed by atoms with Gasteiger partial charge in [0, 0.05) is 5.69 Å². The van der Waals surface area contributed by atoms with Crippen molar-refractivity contribution >= 4 is 21.4 Å². The summed E-state index contributed by atoms with van der Waals surface area (Å²) in [7, 11) is -3.01. The molecule has 1 aliphatic rings. The first-order valence-corrected chi connectivity index (χ1v) is 7.77. The lowest BCUT2D eigenvalue weighted by Gasteiger charge is -2.10. The van der Waals surface area contributed by atoms with Gasteiger partial charge in [-0.1, -0.05) is 6.07 Å². The molecule has 0 aliphatic carbocycles. The molecule has 1 heterocycles. The van der Waals surface area contributed by atoms with E-state index < -0.39 is 15.8 Å². The van der Waals surface area contributed by atoms with Gasteiger partial charge in [0.05, 0.1) is 17.4 Å². The zero-order chi connectivity index (χ0) is 13.3. The number of carbonyl (C=O) groups excluding carboxylic acids is 1. The van der Waals surface area contributed by atoms with E-state index in [-0.39, 0.29) is 17.4 Å². The molecule has 1 aromatic carbocycles. The first-order chi connectivity index (χ1) is 8.35. The Kier molecular flexibility index (Phi) is 3.43. The van der Waals surface area contributed by atoms with Crippen molar-refractivity contribution in [3.63, 3.8) is 0 Å². The second-order valence-electron chi connectivity index (χ2n) is 4.97. The van der Waals surface area contributed by atoms with Crippen molar-refractivity contribution in [1.82, 2.24) is 0 Å². The van der Waals surface area contributed by atoms with Crippen LogP contribution in [0.1, 0.15) is 17.5 Å². The highest BCUT2D eigenvalue weighted by Crippen LogP contribution is 2.21. The lowest BCUT2D eigenvalue weighted by Crippen LogP contribution is -2.23. The van der Waals surface area contributed by atoms with Gasteiger partial charge in [0.25, 0.3) is 0 Å². The highest BCUT2D eigenvalue weighted by atomic mass is 32.2. The highest BCUT2D eigenvalue weighted by Gasteiger charge is 2.32. The highest BCUT2D eigenvalue weighted by molar-refractivity contribution is 7.91. The summed E-state index contributed by atoms with van der Waals surface area (Å²) in [5, 5.41) is 2.80. The molecule has 5 heteroatoms. The Bertz CT molecular complexity index is 558. The normalized spacial score (nSPS) is 21.8. The van der Waals surface area contributed by atoms with Crippen LogP contribution < -0.4 is 5.32 Å². The number of nitrogens with one attached hydrogen (secondary N) is 1. The lowest BCUT2D eigenvalue weighted by molar-refractivity contribution is -0.119. The van der Waals surface area contributed by atoms with E-state index in [2.05, 4.69) is 5.32 Å². The maximum atomic E-state index is 11.9. The molecule has 2 rings (SSSR count). The Balaban J connectivity index is 2.08. The summed E-state index contributed by atoms with van der Waals surface area (Å²) in [6.45, 7) is 3.92. The van der Waals surface area contributed by atoms with E-state index in [1.807, 2.05) is 32.0 Å². The average molecular weight is 267 g/mol. The van der Waals surface area contributed by atoms with E-state index >= 15 is 0 Å². The molecule has 0 saturated carbocycles. The third-order valence-electron chi connectivity index (χ3n) is 3.09. The number of aryl methyl sites for hydroxylation is 2. The van der Waals surface area contributed by atoms with E-state index in [4.69, 9.17) is 0 Å². The molecule has 1 aromatic rings. The molecule has 1 aliphatic heterocycles. The van der Waals surface area contributed by atoms with Gasteiger partial charge in [-0.2, -0.15) is 0 Å². The number of rotatable bonds is 2. The number of hydrogen-bond donors (Lipinski definition) is 1. The molecule has 98 valence electrons. The molecule has 0 unspecified atom stereocenters. The minimum absolute atomic E-state index is 0.0242. The third-order valence-corrected chi connectivity index (χ3v) is 4.86. The van der Waals surface area contributed by atoms with E-state index in [1.165, 1.54) is 0 Å². The standard InChI is InChI=1S/C13H17NO3S/c1-9-5-10(2)7-12(6-9)14-13(15)11-3-4-18(16,17)8-11/h5-7,11H,3-4,8H2,1-2H3,(H,14,15)/t11-/m1/s1. The quantitative estimate of drug-likeness (QED) is 0.886. The molecular weight excluding hydrogens is 250 g/mol. The summed E-state index contributed by atoms with van der Waals surface area (Å²) in [5.74, 6) is -0.501. The van der Waals surface area contributed by atoms with Crippen LogP contribution in [0.2, 0.25) is 0 Å². The summed E-state index contributed by atoms with van der Waals surface area (Å²) in [5.41, 5.74) is 2.88. The van der Waals surface area contributed by atoms with Crippen molar-refractivity contribution < 1.29 is 13.2 Å². The number of carbonyl (C=O) groups is 1. The van der Waals surface area contributed by atoms with Gasteiger partial charge in [-0.05, 0) is 43.5 Å². The van der Waals surface area contributed by atoms with Crippen molar-refractivity contribution in [2.75, 3.05) is 16.8 Å². The van der Waals surface area contributed by atoms with Crippen LogP contribution >= 0.6 is 0 Å². The van der Waals surface area contributed by atoms with Crippen LogP contribution in [0.5, 0.6) is 0 Å². The molecular formula is C13H17NO3S. The van der Waals surface area contributed by atoms with Crippen LogP contribution in [0.25, 0.3) is 0 Å². The van der Waals surface area contributed by atoms with Crippen LogP contribution in [0.15, 0.2) is 18.2 Å². The second-order valence-corrected chi connectivity index (χ2v) is 7.19. The summed E-state index contributed by atoms with van der Waals surface area (Å²) in [6.07, 6.45) is 0.430. The minimum Gasteiger partial charge on any atom is -0.326 e. The van der Waals surface area contributed by atoms with Gasteiger partial charge in [-0.15, -0.1) is 0 Å². The van der Waals surface area contributed by atoms with Crippen LogP contribution in [0, 0.1) is 19.8 Å². The summed E-state index contributed by atoms with van der Waals surface area (Å²) in [6, 6.07) is 5.79. The molecule has 1 atom stereocenters. The Morgan fingerprint density at radius 2 is 1.83 bits per heavy atom. The van der Waals surface area contributed by atoms with E-state index in [0.29, 0.717) is 6.42 Å². The topological polar surface area (TPSA) is 63.2 Å². The Morgan fingerprint density at radius 3 is 2.33 bits per heavy atom. The molecule has 18 heavy (non-hydrogen) atoms. The minimum atomic E-state index is -3.01. The number of sulfone groups is 1. The lowest BCUT2D eigenvalue weighted by atomic mass is 10.1. The van der Waals surface area contributed by atoms with Gasteiger partial charge in [-0.25, -0.2) is 8.42 Å². The van der Waals surface area contributed by atoms with E-state index in [9.17, 15) is 13.2 Å². The smallest absolute Gasteiger partial charge is 0.228 e. The Morgan fingerprint density at radius 1 is 1.22 bits per heavy atom. The van der Waals surface area contributed by atoms with Crippen LogP contribution in [-0.4, -0.2) is 25.8 Å². The fraction of sp³-hybridized carbons (Fsp3) is 0.462. The van der Waals surface area contributed by atoms with Crippen LogP contribution in [0.4, 0.5) is 5.69 Å². The predicted octanol–water partition coefficient (Wildman–Crippen LogP) is 1.68. The monoisotopic (exact) mass is 267 g/mol. The fourth-order valence-corrected chi connectivity index (χ4v) is 4.03. The van der Waals surface area contributed by atoms with Crippen LogP contribution in [0.3, 0.4) is 0 Å². The fourth-order valence-electron chi connectivity index (χ4n) is 2.29. The van der Waals surface area contributed by atoms with Crippen molar-refractivity contribution in [3.8, 4) is 0 Å². The number of anilines is 1. The molecule has 4 nitrogen and oxygen atoms in total. The summed E-state index contributed by atoms with van der Waals surface area (Å²) >= 11 is 0. The molecule has 1 amide bonds. The third kappa shape index (κ3) is 3.10. The maximum absolute atomic E-state index is 11.9. The van der Waals surface area contributed by atoms with E-state index in [1.54, 1.807) is 0 Å². The van der Waals surface area contributed by atoms with Gasteiger partial charge >= 0.3 is 0 Å². The molecule has 0 radical (unpaired) electrons. The average Bonchev–Trinajstić information content (AvgIpc) is 2.57. The number of amides is 1. The van der Waals surface area contributed by atoms with Crippen molar-refractivity contribution in [2.45, 2.75) is 20.3 Å². The predicted molar refractivity (Wildman–Crippen MR) is 71.3 cm³/mol. The van der Waals surface area contributed by atoms with Gasteiger partial charge in [-0.3, -0.25) is 4.79 Å². The first kappa shape index (κ1) is 13.1. The number of hydrogen-bond acceptors (Lipinski definition) is 3. The SMILES string of the molecule is Cc1cc(C)cc(NC(=O)[C@@H]2CCS(=O)(=O)C2)c1. The summed E-state index contributed by atoms with van der Waals surface area (Å²) in [4.78, 5) is 11.9. The molecule has 1 saturated heterocycles. The Hall–Kier alpha value is -1.36. The van der Waals surface area contributed by atoms with Gasteiger partial charge in [0.1, 0.15) is 0 Å². The van der Waals surface area contributed by atoms with Gasteiger partial charge in [0.15, 0.2) is 9.84 Å². The molecule has 0 bridgehead atoms. The van der Waals surface area contributed by atoms with Crippen LogP contribution in [-0.2, 0) is 14.6 Å². The van der Waals surface area contributed by atoms with Gasteiger partial charge < -0.3 is 5.32 Å². The maximum Gasteiger partial charge on any atom is 0.228 e. The zero-order valence-electron chi connectivity index (χ0n) is 10.6. The first-order valence-electron chi connectivity index (χ1n) is 5.95. The molecule has 0 spiro atoms. The van der Waals surface area contributed by atoms with Crippen molar-refractivity contribution in [2.24, 2.45) is 5.92 Å². The van der Waals surface area contributed by atoms with Gasteiger partial charge in [0.2, 0.25) is 5.91 Å².